The number of benzene rings is 1. The molecule has 1 aromatic rings. The Hall–Kier alpha value is -1.26. The average Bonchev–Trinajstić information content (AvgIpc) is 2.62. The van der Waals surface area contributed by atoms with Crippen molar-refractivity contribution in [1.29, 1.82) is 0 Å². The molecule has 2 unspecified atom stereocenters. The molecule has 29 heavy (non-hydrogen) atoms. The molecule has 2 atom stereocenters. The van der Waals surface area contributed by atoms with Gasteiger partial charge in [-0.3, -0.25) is 0 Å². The zero-order chi connectivity index (χ0) is 21.0. The van der Waals surface area contributed by atoms with E-state index in [9.17, 15) is 0 Å². The Labute approximate surface area is 178 Å². The van der Waals surface area contributed by atoms with E-state index in [-0.39, 0.29) is 11.0 Å². The van der Waals surface area contributed by atoms with Gasteiger partial charge in [0.25, 0.3) is 0 Å². The quantitative estimate of drug-likeness (QED) is 0.422. The highest BCUT2D eigenvalue weighted by Crippen LogP contribution is 2.59. The molecule has 0 amide bonds. The van der Waals surface area contributed by atoms with E-state index < -0.39 is 9.04 Å². The maximum atomic E-state index is 6.80. The van der Waals surface area contributed by atoms with Crippen LogP contribution in [0.5, 0.6) is 11.5 Å². The van der Waals surface area contributed by atoms with Crippen molar-refractivity contribution < 1.29 is 13.9 Å². The molecule has 0 heterocycles. The molecule has 160 valence electrons. The second-order valence-corrected chi connectivity index (χ2v) is 13.2. The van der Waals surface area contributed by atoms with Crippen LogP contribution in [0.2, 0.25) is 13.1 Å². The van der Waals surface area contributed by atoms with E-state index in [2.05, 4.69) is 52.6 Å². The first-order valence-corrected chi connectivity index (χ1v) is 14.1. The molecule has 5 rings (SSSR count). The lowest BCUT2D eigenvalue weighted by atomic mass is 9.52. The van der Waals surface area contributed by atoms with Gasteiger partial charge in [-0.2, -0.15) is 0 Å². The third-order valence-corrected chi connectivity index (χ3v) is 7.95. The van der Waals surface area contributed by atoms with Gasteiger partial charge in [-0.1, -0.05) is 27.4 Å². The molecule has 0 saturated heterocycles. The molecule has 0 aromatic heterocycles. The van der Waals surface area contributed by atoms with Gasteiger partial charge in [0.1, 0.15) is 11.5 Å². The van der Waals surface area contributed by atoms with Crippen LogP contribution in [0.15, 0.2) is 24.3 Å². The van der Waals surface area contributed by atoms with Crippen molar-refractivity contribution in [3.63, 3.8) is 0 Å². The van der Waals surface area contributed by atoms with Crippen molar-refractivity contribution in [2.24, 2.45) is 17.8 Å². The minimum Gasteiger partial charge on any atom is -0.546 e. The monoisotopic (exact) mass is 414 g/mol. The Bertz CT molecular complexity index is 778. The van der Waals surface area contributed by atoms with Crippen LogP contribution in [0.25, 0.3) is 0 Å². The molecule has 4 aliphatic carbocycles. The third kappa shape index (κ3) is 3.79. The fraction of sp³-hybridized carbons (Fsp3) is 0.680. The fourth-order valence-corrected chi connectivity index (χ4v) is 6.97. The zero-order valence-corrected chi connectivity index (χ0v) is 20.3. The number of rotatable bonds is 6. The number of methoxy groups -OCH3 is 1. The summed E-state index contributed by atoms with van der Waals surface area (Å²) < 4.78 is 19.0. The lowest BCUT2D eigenvalue weighted by Crippen LogP contribution is -2.53. The molecule has 0 N–H and O–H groups in total. The van der Waals surface area contributed by atoms with Gasteiger partial charge in [-0.05, 0) is 86.1 Å². The van der Waals surface area contributed by atoms with Gasteiger partial charge in [-0.15, -0.1) is 0 Å². The van der Waals surface area contributed by atoms with Crippen molar-refractivity contribution >= 4 is 9.04 Å². The highest BCUT2D eigenvalue weighted by molar-refractivity contribution is 6.49. The highest BCUT2D eigenvalue weighted by atomic mass is 28.3. The van der Waals surface area contributed by atoms with Gasteiger partial charge < -0.3 is 13.9 Å². The number of hydrogen-bond donors (Lipinski definition) is 0. The first-order valence-electron chi connectivity index (χ1n) is 11.3. The van der Waals surface area contributed by atoms with Crippen LogP contribution in [0, 0.1) is 17.8 Å². The number of hydrogen-bond acceptors (Lipinski definition) is 3. The second-order valence-electron chi connectivity index (χ2n) is 10.9. The topological polar surface area (TPSA) is 27.7 Å². The van der Waals surface area contributed by atoms with Crippen molar-refractivity contribution in [2.45, 2.75) is 83.6 Å². The minimum atomic E-state index is -1.28. The third-order valence-electron chi connectivity index (χ3n) is 7.25. The summed E-state index contributed by atoms with van der Waals surface area (Å²) >= 11 is 0. The van der Waals surface area contributed by atoms with E-state index in [0.29, 0.717) is 12.5 Å². The maximum absolute atomic E-state index is 6.80. The van der Waals surface area contributed by atoms with Crippen molar-refractivity contribution in [3.05, 3.63) is 35.4 Å². The van der Waals surface area contributed by atoms with E-state index in [4.69, 9.17) is 13.9 Å². The lowest BCUT2D eigenvalue weighted by Gasteiger charge is -2.57. The predicted molar refractivity (Wildman–Crippen MR) is 121 cm³/mol. The van der Waals surface area contributed by atoms with Gasteiger partial charge >= 0.3 is 0 Å². The van der Waals surface area contributed by atoms with Crippen molar-refractivity contribution in [3.8, 4) is 11.5 Å². The molecule has 3 nitrogen and oxygen atoms in total. The van der Waals surface area contributed by atoms with Crippen molar-refractivity contribution in [2.75, 3.05) is 7.11 Å². The molecule has 1 aromatic carbocycles. The molecule has 4 fully saturated rings. The van der Waals surface area contributed by atoms with E-state index in [1.165, 1.54) is 24.8 Å². The van der Waals surface area contributed by atoms with Crippen LogP contribution >= 0.6 is 0 Å². The Morgan fingerprint density at radius 3 is 2.31 bits per heavy atom. The molecular weight excluding hydrogens is 376 g/mol. The normalized spacial score (nSPS) is 30.9. The van der Waals surface area contributed by atoms with E-state index >= 15 is 0 Å². The Morgan fingerprint density at radius 1 is 1.10 bits per heavy atom. The van der Waals surface area contributed by atoms with Crippen LogP contribution in [-0.2, 0) is 16.8 Å². The molecule has 0 spiro atoms. The van der Waals surface area contributed by atoms with E-state index in [1.54, 1.807) is 7.11 Å². The molecule has 0 radical (unpaired) electrons. The van der Waals surface area contributed by atoms with Crippen LogP contribution in [-0.4, -0.2) is 21.8 Å². The van der Waals surface area contributed by atoms with E-state index in [0.717, 1.165) is 47.3 Å². The van der Waals surface area contributed by atoms with Gasteiger partial charge in [0.15, 0.2) is 0 Å². The lowest BCUT2D eigenvalue weighted by molar-refractivity contribution is -0.127. The summed E-state index contributed by atoms with van der Waals surface area (Å²) in [6, 6.07) is 4.23. The molecule has 4 bridgehead atoms. The summed E-state index contributed by atoms with van der Waals surface area (Å²) in [5, 5.41) is 0. The van der Waals surface area contributed by atoms with Crippen LogP contribution in [0.4, 0.5) is 0 Å². The smallest absolute Gasteiger partial charge is 0.229 e. The highest BCUT2D eigenvalue weighted by Gasteiger charge is 2.54. The Balaban J connectivity index is 1.66. The molecule has 4 aliphatic rings. The van der Waals surface area contributed by atoms with Crippen molar-refractivity contribution in [1.82, 2.24) is 0 Å². The van der Waals surface area contributed by atoms with Gasteiger partial charge in [0, 0.05) is 11.1 Å². The summed E-state index contributed by atoms with van der Waals surface area (Å²) in [5.41, 5.74) is 3.51. The van der Waals surface area contributed by atoms with Gasteiger partial charge in [-0.25, -0.2) is 0 Å². The molecule has 0 aliphatic heterocycles. The van der Waals surface area contributed by atoms with Crippen LogP contribution in [0.1, 0.15) is 64.0 Å². The van der Waals surface area contributed by atoms with Crippen LogP contribution in [0.3, 0.4) is 0 Å². The summed E-state index contributed by atoms with van der Waals surface area (Å²) in [7, 11) is 0.463. The first kappa shape index (κ1) is 21.0. The summed E-state index contributed by atoms with van der Waals surface area (Å²) in [6.45, 7) is 16.2. The largest absolute Gasteiger partial charge is 0.546 e. The fourth-order valence-electron chi connectivity index (χ4n) is 6.23. The molecular formula is C25H38O3Si. The Morgan fingerprint density at radius 2 is 1.76 bits per heavy atom. The summed E-state index contributed by atoms with van der Waals surface area (Å²) in [6.07, 6.45) is 6.40. The molecule has 4 saturated carbocycles. The summed E-state index contributed by atoms with van der Waals surface area (Å²) in [5.74, 6) is 4.25. The number of ether oxygens (including phenoxy) is 2. The molecule has 4 heteroatoms. The predicted octanol–water partition coefficient (Wildman–Crippen LogP) is 6.01. The second kappa shape index (κ2) is 7.46. The first-order chi connectivity index (χ1) is 13.6. The van der Waals surface area contributed by atoms with E-state index in [1.807, 2.05) is 0 Å². The van der Waals surface area contributed by atoms with Crippen LogP contribution < -0.4 is 9.16 Å². The zero-order valence-electron chi connectivity index (χ0n) is 19.1. The van der Waals surface area contributed by atoms with Gasteiger partial charge in [0.05, 0.1) is 19.3 Å². The maximum Gasteiger partial charge on any atom is 0.229 e. The average molecular weight is 415 g/mol. The standard InChI is InChI=1S/C25H38O3Si/c1-16-20-11-17-10-18(12-20)14-25(16,13-17)27-15-19-8-9-21(26-5)22(24(2,3)4)23(19)28-29(6)7/h8-9,17-18,20,29H,1,10-15H2,2-7H3. The summed E-state index contributed by atoms with van der Waals surface area (Å²) in [4.78, 5) is 0. The minimum absolute atomic E-state index is 0.0652. The van der Waals surface area contributed by atoms with Gasteiger partial charge in [0.2, 0.25) is 9.04 Å². The SMILES string of the molecule is C=C1C2CC3CC(C2)CC1(OCc1ccc(OC)c(C(C)(C)C)c1O[SiH](C)C)C3. The Kier molecular flexibility index (Phi) is 5.40.